The zero-order chi connectivity index (χ0) is 31.5. The molecule has 3 atom stereocenters. The number of esters is 1. The standard InChI is InChI=1S/C33H33Cl2FN2O5/c1-17-7-10-20(36)15-21(17)28-33(23-11-8-19(35)14-25(23)37-29(33)40)24(16-27(39)38-28)22-13-18(34)9-12-26(22)42-32(5,6)30(41)43-31(2,3)4/h7-15,24,28H,16H2,1-6H3,(H,37,40)(H,38,39)/t24-,28+,33-/m1/s1. The number of aryl methyl sites for hydroxylation is 1. The molecule has 226 valence electrons. The fraction of sp³-hybridized carbons (Fsp3) is 0.364. The molecule has 2 N–H and O–H groups in total. The molecular weight excluding hydrogens is 594 g/mol. The van der Waals surface area contributed by atoms with Gasteiger partial charge < -0.3 is 20.1 Å². The van der Waals surface area contributed by atoms with Gasteiger partial charge in [0.15, 0.2) is 5.60 Å². The maximum absolute atomic E-state index is 14.7. The molecule has 1 saturated heterocycles. The third kappa shape index (κ3) is 5.58. The summed E-state index contributed by atoms with van der Waals surface area (Å²) in [5.74, 6) is -2.45. The highest BCUT2D eigenvalue weighted by Crippen LogP contribution is 2.59. The summed E-state index contributed by atoms with van der Waals surface area (Å²) >= 11 is 12.8. The summed E-state index contributed by atoms with van der Waals surface area (Å²) in [6, 6.07) is 13.2. The molecule has 0 aromatic heterocycles. The number of halogens is 3. The lowest BCUT2D eigenvalue weighted by Crippen LogP contribution is -2.57. The summed E-state index contributed by atoms with van der Waals surface area (Å²) in [5, 5.41) is 6.71. The second-order valence-corrected chi connectivity index (χ2v) is 13.4. The van der Waals surface area contributed by atoms with Gasteiger partial charge in [0.25, 0.3) is 0 Å². The molecule has 1 spiro atoms. The first-order chi connectivity index (χ1) is 20.0. The van der Waals surface area contributed by atoms with Crippen molar-refractivity contribution in [2.45, 2.75) is 76.5 Å². The molecule has 0 radical (unpaired) electrons. The van der Waals surface area contributed by atoms with Crippen molar-refractivity contribution in [3.05, 3.63) is 92.7 Å². The lowest BCUT2D eigenvalue weighted by Gasteiger charge is -2.47. The molecular formula is C33H33Cl2FN2O5. The molecule has 7 nitrogen and oxygen atoms in total. The molecule has 3 aromatic rings. The summed E-state index contributed by atoms with van der Waals surface area (Å²) in [5.41, 5.74) is -1.02. The van der Waals surface area contributed by atoms with Gasteiger partial charge in [0.1, 0.15) is 22.6 Å². The van der Waals surface area contributed by atoms with E-state index in [2.05, 4.69) is 10.6 Å². The van der Waals surface area contributed by atoms with Crippen molar-refractivity contribution in [3.63, 3.8) is 0 Å². The minimum Gasteiger partial charge on any atom is -0.476 e. The van der Waals surface area contributed by atoms with Gasteiger partial charge >= 0.3 is 5.97 Å². The first-order valence-corrected chi connectivity index (χ1v) is 14.7. The van der Waals surface area contributed by atoms with Crippen LogP contribution in [0.25, 0.3) is 0 Å². The van der Waals surface area contributed by atoms with Gasteiger partial charge in [-0.1, -0.05) is 35.3 Å². The van der Waals surface area contributed by atoms with Gasteiger partial charge in [0.05, 0.1) is 6.04 Å². The van der Waals surface area contributed by atoms with Crippen molar-refractivity contribution in [2.24, 2.45) is 0 Å². The van der Waals surface area contributed by atoms with Crippen LogP contribution in [-0.4, -0.2) is 29.0 Å². The number of carbonyl (C=O) groups is 3. The molecule has 43 heavy (non-hydrogen) atoms. The van der Waals surface area contributed by atoms with E-state index in [0.29, 0.717) is 38.0 Å². The Balaban J connectivity index is 1.75. The van der Waals surface area contributed by atoms with E-state index < -0.39 is 46.3 Å². The Morgan fingerprint density at radius 3 is 2.33 bits per heavy atom. The van der Waals surface area contributed by atoms with Gasteiger partial charge in [-0.3, -0.25) is 9.59 Å². The van der Waals surface area contributed by atoms with Gasteiger partial charge in [0, 0.05) is 33.6 Å². The van der Waals surface area contributed by atoms with E-state index in [9.17, 15) is 18.8 Å². The Kier molecular flexibility index (Phi) is 7.76. The van der Waals surface area contributed by atoms with Crippen molar-refractivity contribution in [3.8, 4) is 5.75 Å². The monoisotopic (exact) mass is 626 g/mol. The quantitative estimate of drug-likeness (QED) is 0.293. The third-order valence-corrected chi connectivity index (χ3v) is 8.38. The molecule has 5 rings (SSSR count). The van der Waals surface area contributed by atoms with E-state index in [1.165, 1.54) is 12.1 Å². The van der Waals surface area contributed by atoms with Gasteiger partial charge in [-0.05, 0) is 101 Å². The van der Waals surface area contributed by atoms with Crippen molar-refractivity contribution in [1.82, 2.24) is 5.32 Å². The van der Waals surface area contributed by atoms with Crippen molar-refractivity contribution < 1.29 is 28.2 Å². The molecule has 1 fully saturated rings. The fourth-order valence-corrected chi connectivity index (χ4v) is 6.40. The molecule has 2 aliphatic rings. The molecule has 0 aliphatic carbocycles. The predicted octanol–water partition coefficient (Wildman–Crippen LogP) is 7.17. The molecule has 2 amide bonds. The number of piperidine rings is 1. The van der Waals surface area contributed by atoms with E-state index in [1.807, 2.05) is 0 Å². The zero-order valence-corrected chi connectivity index (χ0v) is 26.2. The SMILES string of the molecule is Cc1ccc(F)cc1[C@@H]1NC(=O)C[C@H](c2cc(Cl)ccc2OC(C)(C)C(=O)OC(C)(C)C)[C@@]12C(=O)Nc1cc(Cl)ccc12. The topological polar surface area (TPSA) is 93.7 Å². The Labute approximate surface area is 260 Å². The maximum atomic E-state index is 14.7. The average Bonchev–Trinajstić information content (AvgIpc) is 3.17. The van der Waals surface area contributed by atoms with Crippen LogP contribution in [-0.2, 0) is 24.5 Å². The van der Waals surface area contributed by atoms with Crippen LogP contribution in [0.1, 0.15) is 75.3 Å². The van der Waals surface area contributed by atoms with Crippen molar-refractivity contribution in [1.29, 1.82) is 0 Å². The summed E-state index contributed by atoms with van der Waals surface area (Å²) in [6.07, 6.45) is -0.121. The molecule has 10 heteroatoms. The second-order valence-electron chi connectivity index (χ2n) is 12.6. The number of ether oxygens (including phenoxy) is 2. The van der Waals surface area contributed by atoms with Gasteiger partial charge in [0.2, 0.25) is 11.8 Å². The number of carbonyl (C=O) groups excluding carboxylic acids is 3. The molecule has 3 aromatic carbocycles. The smallest absolute Gasteiger partial charge is 0.350 e. The number of hydrogen-bond donors (Lipinski definition) is 2. The maximum Gasteiger partial charge on any atom is 0.350 e. The lowest BCUT2D eigenvalue weighted by atomic mass is 9.59. The van der Waals surface area contributed by atoms with Gasteiger partial charge in [-0.25, -0.2) is 9.18 Å². The predicted molar refractivity (Wildman–Crippen MR) is 163 cm³/mol. The minimum atomic E-state index is -1.47. The van der Waals surface area contributed by atoms with Gasteiger partial charge in [-0.15, -0.1) is 0 Å². The molecule has 0 saturated carbocycles. The second kappa shape index (κ2) is 10.8. The molecule has 2 aliphatic heterocycles. The van der Waals surface area contributed by atoms with Crippen LogP contribution in [0.5, 0.6) is 5.75 Å². The van der Waals surface area contributed by atoms with Crippen LogP contribution < -0.4 is 15.4 Å². The molecule has 0 unspecified atom stereocenters. The number of fused-ring (bicyclic) bond motifs is 2. The highest BCUT2D eigenvalue weighted by molar-refractivity contribution is 6.31. The number of benzene rings is 3. The Morgan fingerprint density at radius 2 is 1.63 bits per heavy atom. The number of rotatable bonds is 5. The first kappa shape index (κ1) is 30.8. The third-order valence-electron chi connectivity index (χ3n) is 7.91. The van der Waals surface area contributed by atoms with Crippen LogP contribution in [0, 0.1) is 12.7 Å². The highest BCUT2D eigenvalue weighted by atomic mass is 35.5. The number of amides is 2. The molecule has 2 heterocycles. The largest absolute Gasteiger partial charge is 0.476 e. The summed E-state index contributed by atoms with van der Waals surface area (Å²) in [6.45, 7) is 10.2. The van der Waals surface area contributed by atoms with Crippen LogP contribution in [0.15, 0.2) is 54.6 Å². The van der Waals surface area contributed by atoms with E-state index in [-0.39, 0.29) is 18.1 Å². The van der Waals surface area contributed by atoms with E-state index in [0.717, 1.165) is 0 Å². The fourth-order valence-electron chi connectivity index (χ4n) is 6.05. The van der Waals surface area contributed by atoms with Crippen LogP contribution in [0.3, 0.4) is 0 Å². The number of hydrogen-bond acceptors (Lipinski definition) is 5. The number of nitrogens with one attached hydrogen (secondary N) is 2. The summed E-state index contributed by atoms with van der Waals surface area (Å²) in [4.78, 5) is 41.0. The van der Waals surface area contributed by atoms with E-state index in [1.54, 1.807) is 84.0 Å². The summed E-state index contributed by atoms with van der Waals surface area (Å²) in [7, 11) is 0. The normalized spacial score (nSPS) is 21.7. The Morgan fingerprint density at radius 1 is 0.953 bits per heavy atom. The van der Waals surface area contributed by atoms with Gasteiger partial charge in [-0.2, -0.15) is 0 Å². The minimum absolute atomic E-state index is 0.121. The van der Waals surface area contributed by atoms with Crippen LogP contribution >= 0.6 is 23.2 Å². The first-order valence-electron chi connectivity index (χ1n) is 13.9. The van der Waals surface area contributed by atoms with Crippen molar-refractivity contribution in [2.75, 3.05) is 5.32 Å². The zero-order valence-electron chi connectivity index (χ0n) is 24.7. The Bertz CT molecular complexity index is 1650. The lowest BCUT2D eigenvalue weighted by molar-refractivity contribution is -0.171. The van der Waals surface area contributed by atoms with E-state index in [4.69, 9.17) is 32.7 Å². The number of anilines is 1. The van der Waals surface area contributed by atoms with E-state index >= 15 is 0 Å². The van der Waals surface area contributed by atoms with Crippen molar-refractivity contribution >= 4 is 46.7 Å². The Hall–Kier alpha value is -3.62. The average molecular weight is 628 g/mol. The van der Waals surface area contributed by atoms with Crippen LogP contribution in [0.4, 0.5) is 10.1 Å². The van der Waals surface area contributed by atoms with Crippen LogP contribution in [0.2, 0.25) is 10.0 Å². The summed E-state index contributed by atoms with van der Waals surface area (Å²) < 4.78 is 26.7. The molecule has 0 bridgehead atoms. The highest BCUT2D eigenvalue weighted by Gasteiger charge is 2.62.